The molecule has 3 saturated heterocycles. The highest BCUT2D eigenvalue weighted by Gasteiger charge is 2.67. The first-order valence-corrected chi connectivity index (χ1v) is 11.5. The minimum absolute atomic E-state index is 0.101. The van der Waals surface area contributed by atoms with E-state index in [0.717, 1.165) is 17.5 Å². The molecule has 172 valence electrons. The lowest BCUT2D eigenvalue weighted by Crippen LogP contribution is -2.73. The topological polar surface area (TPSA) is 66.4 Å². The van der Waals surface area contributed by atoms with Gasteiger partial charge in [-0.05, 0) is 38.7 Å². The van der Waals surface area contributed by atoms with Crippen molar-refractivity contribution in [2.24, 2.45) is 0 Å². The van der Waals surface area contributed by atoms with Crippen LogP contribution in [0.3, 0.4) is 0 Å². The van der Waals surface area contributed by atoms with Gasteiger partial charge in [-0.2, -0.15) is 0 Å². The van der Waals surface area contributed by atoms with Crippen LogP contribution < -0.4 is 0 Å². The van der Waals surface area contributed by atoms with Gasteiger partial charge in [-0.3, -0.25) is 0 Å². The largest absolute Gasteiger partial charge is 0.382 e. The molecule has 6 rings (SSSR count). The maximum absolute atomic E-state index is 11.9. The summed E-state index contributed by atoms with van der Waals surface area (Å²) >= 11 is 0. The third-order valence-electron chi connectivity index (χ3n) is 6.70. The van der Waals surface area contributed by atoms with E-state index in [-0.39, 0.29) is 6.10 Å². The molecule has 0 aromatic heterocycles. The van der Waals surface area contributed by atoms with Crippen LogP contribution in [0, 0.1) is 0 Å². The molecule has 1 N–H and O–H groups in total. The minimum atomic E-state index is -1.32. The number of hydrogen-bond acceptors (Lipinski definition) is 6. The summed E-state index contributed by atoms with van der Waals surface area (Å²) in [6.07, 6.45) is -0.531. The quantitative estimate of drug-likeness (QED) is 0.729. The van der Waals surface area contributed by atoms with Gasteiger partial charge < -0.3 is 28.8 Å². The van der Waals surface area contributed by atoms with Crippen LogP contribution in [0.15, 0.2) is 60.7 Å². The standard InChI is InChI=1S/C26H32O6/c1-18(2)30-24-26(27)15-9-14-25(32-24)17-29-23(20-12-7-4-8-13-20)31-21(25)22(26)28-16-19-10-5-3-6-11-19/h3-8,10-13,18,21-24,27H,9,14-17H2,1-2H3/t21-,22-,23?,24+,25+,26-/m0/s1. The van der Waals surface area contributed by atoms with E-state index < -0.39 is 36.0 Å². The summed E-state index contributed by atoms with van der Waals surface area (Å²) < 4.78 is 31.7. The Morgan fingerprint density at radius 3 is 2.47 bits per heavy atom. The molecule has 3 heterocycles. The van der Waals surface area contributed by atoms with Crippen molar-refractivity contribution in [2.75, 3.05) is 6.61 Å². The van der Waals surface area contributed by atoms with Crippen LogP contribution >= 0.6 is 0 Å². The Morgan fingerprint density at radius 2 is 1.75 bits per heavy atom. The number of hydrogen-bond donors (Lipinski definition) is 1. The van der Waals surface area contributed by atoms with Crippen molar-refractivity contribution in [1.29, 1.82) is 0 Å². The zero-order valence-electron chi connectivity index (χ0n) is 18.7. The second kappa shape index (κ2) is 8.86. The van der Waals surface area contributed by atoms with E-state index in [2.05, 4.69) is 0 Å². The highest BCUT2D eigenvalue weighted by Crippen LogP contribution is 2.52. The molecule has 2 aromatic rings. The molecule has 0 amide bonds. The molecule has 6 atom stereocenters. The fourth-order valence-electron chi connectivity index (χ4n) is 5.13. The van der Waals surface area contributed by atoms with Gasteiger partial charge in [-0.15, -0.1) is 0 Å². The van der Waals surface area contributed by atoms with Crippen molar-refractivity contribution in [3.63, 3.8) is 0 Å². The zero-order chi connectivity index (χ0) is 22.2. The van der Waals surface area contributed by atoms with Gasteiger partial charge in [-0.25, -0.2) is 0 Å². The average Bonchev–Trinajstić information content (AvgIpc) is 3.01. The maximum Gasteiger partial charge on any atom is 0.190 e. The highest BCUT2D eigenvalue weighted by atomic mass is 16.8. The van der Waals surface area contributed by atoms with Crippen molar-refractivity contribution in [3.8, 4) is 0 Å². The van der Waals surface area contributed by atoms with E-state index in [0.29, 0.717) is 26.1 Å². The van der Waals surface area contributed by atoms with Crippen LogP contribution in [-0.2, 0) is 30.3 Å². The van der Waals surface area contributed by atoms with Crippen LogP contribution in [-0.4, -0.2) is 47.5 Å². The van der Waals surface area contributed by atoms with E-state index in [1.165, 1.54) is 0 Å². The Bertz CT molecular complexity index is 890. The van der Waals surface area contributed by atoms with E-state index in [1.807, 2.05) is 74.5 Å². The molecule has 2 aromatic carbocycles. The number of fused-ring (bicyclic) bond motifs is 3. The summed E-state index contributed by atoms with van der Waals surface area (Å²) in [5, 5.41) is 11.9. The average molecular weight is 441 g/mol. The third kappa shape index (κ3) is 4.00. The van der Waals surface area contributed by atoms with Gasteiger partial charge in [-0.1, -0.05) is 60.7 Å². The molecule has 1 saturated carbocycles. The summed E-state index contributed by atoms with van der Waals surface area (Å²) in [6.45, 7) is 4.62. The van der Waals surface area contributed by atoms with Crippen molar-refractivity contribution in [2.45, 2.75) is 81.8 Å². The van der Waals surface area contributed by atoms with E-state index in [4.69, 9.17) is 23.7 Å². The van der Waals surface area contributed by atoms with Crippen molar-refractivity contribution >= 4 is 0 Å². The van der Waals surface area contributed by atoms with Crippen molar-refractivity contribution in [1.82, 2.24) is 0 Å². The molecule has 2 bridgehead atoms. The fourth-order valence-corrected chi connectivity index (χ4v) is 5.13. The van der Waals surface area contributed by atoms with Gasteiger partial charge in [0.1, 0.15) is 23.4 Å². The molecule has 1 spiro atoms. The van der Waals surface area contributed by atoms with Gasteiger partial charge in [0.2, 0.25) is 0 Å². The lowest BCUT2D eigenvalue weighted by molar-refractivity contribution is -0.420. The van der Waals surface area contributed by atoms with Crippen LogP contribution in [0.1, 0.15) is 50.5 Å². The Morgan fingerprint density at radius 1 is 1.03 bits per heavy atom. The summed E-state index contributed by atoms with van der Waals surface area (Å²) in [6, 6.07) is 19.8. The maximum atomic E-state index is 11.9. The highest BCUT2D eigenvalue weighted by molar-refractivity contribution is 5.19. The van der Waals surface area contributed by atoms with E-state index in [1.54, 1.807) is 0 Å². The molecular weight excluding hydrogens is 408 g/mol. The predicted molar refractivity (Wildman–Crippen MR) is 118 cm³/mol. The SMILES string of the molecule is CC(C)O[C@@H]1O[C@@]23CCC[C@]1(O)[C@@H](OCc1ccccc1)[C@@H]2OC(c1ccccc1)OC3. The lowest BCUT2D eigenvalue weighted by atomic mass is 9.80. The summed E-state index contributed by atoms with van der Waals surface area (Å²) in [5.41, 5.74) is -0.0672. The van der Waals surface area contributed by atoms with Crippen LogP contribution in [0.25, 0.3) is 0 Å². The summed E-state index contributed by atoms with van der Waals surface area (Å²) in [5.74, 6) is 0. The summed E-state index contributed by atoms with van der Waals surface area (Å²) in [7, 11) is 0. The van der Waals surface area contributed by atoms with Crippen LogP contribution in [0.2, 0.25) is 0 Å². The lowest BCUT2D eigenvalue weighted by Gasteiger charge is -2.56. The second-order valence-electron chi connectivity index (χ2n) is 9.37. The fraction of sp³-hybridized carbons (Fsp3) is 0.538. The van der Waals surface area contributed by atoms with E-state index >= 15 is 0 Å². The Balaban J connectivity index is 1.48. The number of rotatable bonds is 6. The van der Waals surface area contributed by atoms with Crippen molar-refractivity contribution in [3.05, 3.63) is 71.8 Å². The normalized spacial score (nSPS) is 36.6. The van der Waals surface area contributed by atoms with E-state index in [9.17, 15) is 5.11 Å². The first kappa shape index (κ1) is 22.0. The van der Waals surface area contributed by atoms with Gasteiger partial charge in [0.15, 0.2) is 12.6 Å². The zero-order valence-corrected chi connectivity index (χ0v) is 18.7. The first-order chi connectivity index (χ1) is 15.5. The molecular formula is C26H32O6. The molecule has 6 nitrogen and oxygen atoms in total. The monoisotopic (exact) mass is 440 g/mol. The van der Waals surface area contributed by atoms with Gasteiger partial charge >= 0.3 is 0 Å². The third-order valence-corrected chi connectivity index (χ3v) is 6.70. The number of ether oxygens (including phenoxy) is 5. The van der Waals surface area contributed by atoms with Gasteiger partial charge in [0.05, 0.1) is 19.3 Å². The Labute approximate surface area is 189 Å². The number of benzene rings is 2. The van der Waals surface area contributed by atoms with Crippen LogP contribution in [0.4, 0.5) is 0 Å². The molecule has 32 heavy (non-hydrogen) atoms. The molecule has 4 aliphatic rings. The number of aliphatic hydroxyl groups is 1. The Kier molecular flexibility index (Phi) is 6.09. The Hall–Kier alpha value is -1.80. The smallest absolute Gasteiger partial charge is 0.190 e. The van der Waals surface area contributed by atoms with Crippen molar-refractivity contribution < 1.29 is 28.8 Å². The minimum Gasteiger partial charge on any atom is -0.382 e. The summed E-state index contributed by atoms with van der Waals surface area (Å²) in [4.78, 5) is 0. The molecule has 3 aliphatic heterocycles. The first-order valence-electron chi connectivity index (χ1n) is 11.5. The molecule has 1 aliphatic carbocycles. The van der Waals surface area contributed by atoms with Crippen LogP contribution in [0.5, 0.6) is 0 Å². The van der Waals surface area contributed by atoms with Gasteiger partial charge in [0, 0.05) is 5.56 Å². The molecule has 0 radical (unpaired) electrons. The second-order valence-corrected chi connectivity index (χ2v) is 9.37. The molecule has 1 unspecified atom stereocenters. The molecule has 4 fully saturated rings. The predicted octanol–water partition coefficient (Wildman–Crippen LogP) is 4.12. The van der Waals surface area contributed by atoms with Gasteiger partial charge in [0.25, 0.3) is 0 Å². The molecule has 6 heteroatoms.